The number of hydrogen-bond acceptors (Lipinski definition) is 5. The topological polar surface area (TPSA) is 83.3 Å². The minimum atomic E-state index is -0.195. The molecule has 0 radical (unpaired) electrons. The van der Waals surface area contributed by atoms with E-state index in [1.165, 1.54) is 12.8 Å². The molecule has 7 nitrogen and oxygen atoms in total. The highest BCUT2D eigenvalue weighted by Gasteiger charge is 2.16. The van der Waals surface area contributed by atoms with E-state index in [1.807, 2.05) is 30.3 Å². The monoisotopic (exact) mass is 357 g/mol. The molecule has 0 bridgehead atoms. The van der Waals surface area contributed by atoms with Gasteiger partial charge in [-0.3, -0.25) is 0 Å². The number of benzene rings is 1. The Morgan fingerprint density at radius 3 is 2.96 bits per heavy atom. The van der Waals surface area contributed by atoms with Gasteiger partial charge in [-0.25, -0.2) is 4.79 Å². The van der Waals surface area contributed by atoms with Gasteiger partial charge < -0.3 is 20.1 Å². The van der Waals surface area contributed by atoms with Crippen molar-refractivity contribution in [1.82, 2.24) is 25.7 Å². The van der Waals surface area contributed by atoms with Crippen LogP contribution < -0.4 is 10.6 Å². The molecule has 0 saturated carbocycles. The summed E-state index contributed by atoms with van der Waals surface area (Å²) in [6, 6.07) is 9.78. The van der Waals surface area contributed by atoms with Crippen LogP contribution >= 0.6 is 0 Å². The van der Waals surface area contributed by atoms with Crippen molar-refractivity contribution in [2.45, 2.75) is 32.2 Å². The highest BCUT2D eigenvalue weighted by molar-refractivity contribution is 5.73. The van der Waals surface area contributed by atoms with Crippen LogP contribution in [0.1, 0.15) is 36.5 Å². The smallest absolute Gasteiger partial charge is 0.315 e. The Balaban J connectivity index is 1.39. The first-order chi connectivity index (χ1) is 12.7. The zero-order valence-electron chi connectivity index (χ0n) is 15.3. The molecule has 1 aliphatic rings. The fourth-order valence-electron chi connectivity index (χ4n) is 3.27. The fourth-order valence-corrected chi connectivity index (χ4v) is 3.27. The summed E-state index contributed by atoms with van der Waals surface area (Å²) in [4.78, 5) is 18.7. The molecule has 0 aliphatic carbocycles. The second-order valence-electron chi connectivity index (χ2n) is 6.95. The zero-order valence-corrected chi connectivity index (χ0v) is 15.3. The predicted octanol–water partition coefficient (Wildman–Crippen LogP) is 2.19. The van der Waals surface area contributed by atoms with Crippen LogP contribution in [0, 0.1) is 5.92 Å². The van der Waals surface area contributed by atoms with Crippen molar-refractivity contribution in [3.63, 3.8) is 0 Å². The van der Waals surface area contributed by atoms with Crippen molar-refractivity contribution in [3.8, 4) is 0 Å². The van der Waals surface area contributed by atoms with Crippen LogP contribution in [0.15, 0.2) is 34.9 Å². The van der Waals surface area contributed by atoms with Gasteiger partial charge in [0.05, 0.1) is 6.54 Å². The van der Waals surface area contributed by atoms with Gasteiger partial charge in [0.1, 0.15) is 0 Å². The summed E-state index contributed by atoms with van der Waals surface area (Å²) in [6.07, 6.45) is 4.25. The molecule has 1 unspecified atom stereocenters. The average Bonchev–Trinajstić information content (AvgIpc) is 2.98. The first-order valence-electron chi connectivity index (χ1n) is 9.24. The van der Waals surface area contributed by atoms with Crippen molar-refractivity contribution < 1.29 is 9.32 Å². The Bertz CT molecular complexity index is 688. The highest BCUT2D eigenvalue weighted by atomic mass is 16.5. The van der Waals surface area contributed by atoms with E-state index in [4.69, 9.17) is 4.52 Å². The maximum absolute atomic E-state index is 12.0. The van der Waals surface area contributed by atoms with Crippen LogP contribution in [-0.2, 0) is 13.0 Å². The molecule has 1 fully saturated rings. The second kappa shape index (κ2) is 9.33. The van der Waals surface area contributed by atoms with Crippen molar-refractivity contribution in [3.05, 3.63) is 47.6 Å². The highest BCUT2D eigenvalue weighted by Crippen LogP contribution is 2.14. The van der Waals surface area contributed by atoms with E-state index in [9.17, 15) is 4.79 Å². The number of urea groups is 1. The van der Waals surface area contributed by atoms with Gasteiger partial charge >= 0.3 is 6.03 Å². The summed E-state index contributed by atoms with van der Waals surface area (Å²) in [5.74, 6) is 1.55. The molecule has 1 aromatic carbocycles. The third-order valence-corrected chi connectivity index (χ3v) is 4.64. The Morgan fingerprint density at radius 1 is 1.27 bits per heavy atom. The molecule has 2 aromatic rings. The molecule has 2 heterocycles. The number of likely N-dealkylation sites (tertiary alicyclic amines) is 1. The third-order valence-electron chi connectivity index (χ3n) is 4.64. The standard InChI is InChI=1S/C19H27N5O2/c1-24-10-6-5-9-16(14-24)12-20-19(25)21-13-18-22-17(23-26-18)11-15-7-3-2-4-8-15/h2-4,7-8,16H,5-6,9-14H2,1H3,(H2,20,21,25). The molecule has 2 amide bonds. The van der Waals surface area contributed by atoms with Gasteiger partial charge in [-0.05, 0) is 37.9 Å². The Kier molecular flexibility index (Phi) is 6.60. The van der Waals surface area contributed by atoms with Gasteiger partial charge in [-0.1, -0.05) is 41.9 Å². The number of amides is 2. The first kappa shape index (κ1) is 18.4. The maximum Gasteiger partial charge on any atom is 0.315 e. The number of aromatic nitrogens is 2. The van der Waals surface area contributed by atoms with E-state index in [0.717, 1.165) is 25.1 Å². The predicted molar refractivity (Wildman–Crippen MR) is 98.6 cm³/mol. The second-order valence-corrected chi connectivity index (χ2v) is 6.95. The minimum Gasteiger partial charge on any atom is -0.338 e. The SMILES string of the molecule is CN1CCCCC(CNC(=O)NCc2nc(Cc3ccccc3)no2)C1. The number of carbonyl (C=O) groups excluding carboxylic acids is 1. The lowest BCUT2D eigenvalue weighted by molar-refractivity contribution is 0.233. The third kappa shape index (κ3) is 5.84. The molecule has 1 saturated heterocycles. The van der Waals surface area contributed by atoms with Crippen molar-refractivity contribution in [2.24, 2.45) is 5.92 Å². The maximum atomic E-state index is 12.0. The number of carbonyl (C=O) groups is 1. The number of hydrogen-bond donors (Lipinski definition) is 2. The molecular weight excluding hydrogens is 330 g/mol. The van der Waals surface area contributed by atoms with E-state index in [0.29, 0.717) is 30.6 Å². The zero-order chi connectivity index (χ0) is 18.2. The van der Waals surface area contributed by atoms with Crippen LogP contribution in [0.4, 0.5) is 4.79 Å². The summed E-state index contributed by atoms with van der Waals surface area (Å²) in [5.41, 5.74) is 1.12. The van der Waals surface area contributed by atoms with Crippen LogP contribution in [0.2, 0.25) is 0 Å². The molecule has 2 N–H and O–H groups in total. The molecule has 3 rings (SSSR count). The summed E-state index contributed by atoms with van der Waals surface area (Å²) in [7, 11) is 2.14. The number of nitrogens with zero attached hydrogens (tertiary/aromatic N) is 3. The van der Waals surface area contributed by atoms with E-state index in [2.05, 4.69) is 32.7 Å². The summed E-state index contributed by atoms with van der Waals surface area (Å²) in [5, 5.41) is 9.70. The lowest BCUT2D eigenvalue weighted by Gasteiger charge is -2.20. The van der Waals surface area contributed by atoms with Gasteiger partial charge in [0.2, 0.25) is 5.89 Å². The van der Waals surface area contributed by atoms with Gasteiger partial charge in [0, 0.05) is 19.5 Å². The molecule has 140 valence electrons. The molecule has 7 heteroatoms. The van der Waals surface area contributed by atoms with Crippen molar-refractivity contribution >= 4 is 6.03 Å². The minimum absolute atomic E-state index is 0.195. The normalized spacial score (nSPS) is 18.3. The van der Waals surface area contributed by atoms with Gasteiger partial charge in [0.15, 0.2) is 5.82 Å². The Labute approximate surface area is 154 Å². The van der Waals surface area contributed by atoms with Crippen molar-refractivity contribution in [2.75, 3.05) is 26.7 Å². The molecule has 1 aliphatic heterocycles. The van der Waals surface area contributed by atoms with E-state index in [-0.39, 0.29) is 12.6 Å². The Hall–Kier alpha value is -2.41. The van der Waals surface area contributed by atoms with Crippen LogP contribution in [0.5, 0.6) is 0 Å². The van der Waals surface area contributed by atoms with Crippen molar-refractivity contribution in [1.29, 1.82) is 0 Å². The summed E-state index contributed by atoms with van der Waals surface area (Å²) < 4.78 is 5.20. The number of rotatable bonds is 6. The lowest BCUT2D eigenvalue weighted by Crippen LogP contribution is -2.40. The van der Waals surface area contributed by atoms with Crippen LogP contribution in [0.25, 0.3) is 0 Å². The summed E-state index contributed by atoms with van der Waals surface area (Å²) in [6.45, 7) is 3.11. The largest absolute Gasteiger partial charge is 0.338 e. The lowest BCUT2D eigenvalue weighted by atomic mass is 10.0. The first-order valence-corrected chi connectivity index (χ1v) is 9.24. The van der Waals surface area contributed by atoms with Gasteiger partial charge in [-0.15, -0.1) is 0 Å². The van der Waals surface area contributed by atoms with Crippen LogP contribution in [-0.4, -0.2) is 47.8 Å². The fraction of sp³-hybridized carbons (Fsp3) is 0.526. The van der Waals surface area contributed by atoms with Crippen LogP contribution in [0.3, 0.4) is 0 Å². The molecule has 26 heavy (non-hydrogen) atoms. The average molecular weight is 357 g/mol. The quantitative estimate of drug-likeness (QED) is 0.828. The van der Waals surface area contributed by atoms with E-state index < -0.39 is 0 Å². The molecule has 1 aromatic heterocycles. The van der Waals surface area contributed by atoms with E-state index in [1.54, 1.807) is 0 Å². The van der Waals surface area contributed by atoms with Gasteiger partial charge in [-0.2, -0.15) is 4.98 Å². The van der Waals surface area contributed by atoms with Gasteiger partial charge in [0.25, 0.3) is 0 Å². The van der Waals surface area contributed by atoms with E-state index >= 15 is 0 Å². The molecule has 0 spiro atoms. The molecular formula is C19H27N5O2. The Morgan fingerprint density at radius 2 is 2.12 bits per heavy atom. The summed E-state index contributed by atoms with van der Waals surface area (Å²) >= 11 is 0. The molecule has 1 atom stereocenters. The number of nitrogens with one attached hydrogen (secondary N) is 2.